The number of carbonyl (C=O) groups excluding carboxylic acids is 3. The Morgan fingerprint density at radius 1 is 0.629 bits per heavy atom. The highest BCUT2D eigenvalue weighted by Gasteiger charge is 2.39. The van der Waals surface area contributed by atoms with E-state index in [4.69, 9.17) is 24.1 Å². The van der Waals surface area contributed by atoms with Gasteiger partial charge < -0.3 is 39.4 Å². The molecule has 2 unspecified atom stereocenters. The van der Waals surface area contributed by atoms with Crippen molar-refractivity contribution in [2.24, 2.45) is 0 Å². The minimum absolute atomic E-state index is 0.590. The number of rotatable bonds is 8. The Bertz CT molecular complexity index is 721. The Kier molecular flexibility index (Phi) is 13.3. The summed E-state index contributed by atoms with van der Waals surface area (Å²) in [6.07, 6.45) is -1.47. The molecule has 0 bridgehead atoms. The number of esters is 1. The maximum absolute atomic E-state index is 11.7. The van der Waals surface area contributed by atoms with Gasteiger partial charge in [-0.2, -0.15) is 0 Å². The molecule has 206 valence electrons. The van der Waals surface area contributed by atoms with Gasteiger partial charge in [0.15, 0.2) is 12.1 Å². The first-order chi connectivity index (χ1) is 15.5. The molecule has 0 radical (unpaired) electrons. The fourth-order valence-corrected chi connectivity index (χ4v) is 2.25. The molecule has 0 saturated heterocycles. The molecular weight excluding hydrogens is 464 g/mol. The van der Waals surface area contributed by atoms with Gasteiger partial charge in [-0.25, -0.2) is 19.2 Å². The van der Waals surface area contributed by atoms with Crippen molar-refractivity contribution in [3.8, 4) is 0 Å². The molecule has 12 nitrogen and oxygen atoms in total. The smallest absolute Gasteiger partial charge is 0.408 e. The molecular formula is C23H44N2O10. The molecule has 0 saturated carbocycles. The van der Waals surface area contributed by atoms with Crippen molar-refractivity contribution < 1.29 is 48.0 Å². The minimum Gasteiger partial charge on any atom is -0.480 e. The van der Waals surface area contributed by atoms with Gasteiger partial charge in [0.25, 0.3) is 0 Å². The lowest BCUT2D eigenvalue weighted by Crippen LogP contribution is -2.56. The number of aliphatic carboxylic acids is 1. The Morgan fingerprint density at radius 3 is 1.20 bits per heavy atom. The molecule has 12 heteroatoms. The van der Waals surface area contributed by atoms with Crippen LogP contribution in [0.5, 0.6) is 0 Å². The van der Waals surface area contributed by atoms with Crippen LogP contribution < -0.4 is 10.6 Å². The van der Waals surface area contributed by atoms with Crippen molar-refractivity contribution in [1.82, 2.24) is 10.6 Å². The average molecular weight is 509 g/mol. The summed E-state index contributed by atoms with van der Waals surface area (Å²) in [7, 11) is 4.08. The summed E-state index contributed by atoms with van der Waals surface area (Å²) < 4.78 is 24.9. The summed E-state index contributed by atoms with van der Waals surface area (Å²) in [5, 5.41) is 13.8. The van der Waals surface area contributed by atoms with Crippen LogP contribution in [-0.4, -0.2) is 85.0 Å². The third kappa shape index (κ3) is 14.4. The number of alkyl carbamates (subject to hydrolysis) is 2. The van der Waals surface area contributed by atoms with Gasteiger partial charge in [0, 0.05) is 14.2 Å². The SMILES string of the molecule is COC(=O)C(NC(=O)OC(C)(C)C)C(C)(C)OC.COC(C)(C)C(NC(=O)OC(C)(C)C)C(=O)O. The van der Waals surface area contributed by atoms with Crippen LogP contribution in [0.25, 0.3) is 0 Å². The van der Waals surface area contributed by atoms with Crippen molar-refractivity contribution in [1.29, 1.82) is 0 Å². The highest BCUT2D eigenvalue weighted by molar-refractivity contribution is 5.82. The van der Waals surface area contributed by atoms with Gasteiger partial charge in [-0.05, 0) is 69.2 Å². The molecule has 0 spiro atoms. The Morgan fingerprint density at radius 2 is 0.943 bits per heavy atom. The molecule has 0 fully saturated rings. The van der Waals surface area contributed by atoms with E-state index in [2.05, 4.69) is 15.4 Å². The number of ether oxygens (including phenoxy) is 5. The number of methoxy groups -OCH3 is 3. The molecule has 3 N–H and O–H groups in total. The molecule has 0 rings (SSSR count). The number of amides is 2. The average Bonchev–Trinajstić information content (AvgIpc) is 2.67. The van der Waals surface area contributed by atoms with Crippen molar-refractivity contribution in [2.75, 3.05) is 21.3 Å². The van der Waals surface area contributed by atoms with Gasteiger partial charge >= 0.3 is 24.1 Å². The molecule has 0 aromatic carbocycles. The quantitative estimate of drug-likeness (QED) is 0.329. The first-order valence-electron chi connectivity index (χ1n) is 10.9. The predicted molar refractivity (Wildman–Crippen MR) is 128 cm³/mol. The van der Waals surface area contributed by atoms with Crippen LogP contribution in [0.4, 0.5) is 9.59 Å². The summed E-state index contributed by atoms with van der Waals surface area (Å²) in [4.78, 5) is 45.8. The van der Waals surface area contributed by atoms with Crippen LogP contribution >= 0.6 is 0 Å². The van der Waals surface area contributed by atoms with E-state index in [0.717, 1.165) is 0 Å². The first kappa shape index (κ1) is 34.6. The number of nitrogens with one attached hydrogen (secondary N) is 2. The number of carboxylic acids is 1. The molecule has 0 aliphatic carbocycles. The zero-order chi connectivity index (χ0) is 28.4. The van der Waals surface area contributed by atoms with Gasteiger partial charge in [0.1, 0.15) is 11.2 Å². The monoisotopic (exact) mass is 508 g/mol. The maximum atomic E-state index is 11.7. The van der Waals surface area contributed by atoms with Crippen LogP contribution in [0.3, 0.4) is 0 Å². The van der Waals surface area contributed by atoms with E-state index < -0.39 is 58.6 Å². The van der Waals surface area contributed by atoms with E-state index in [1.165, 1.54) is 21.3 Å². The number of hydrogen-bond acceptors (Lipinski definition) is 9. The van der Waals surface area contributed by atoms with Crippen LogP contribution in [0.1, 0.15) is 69.2 Å². The lowest BCUT2D eigenvalue weighted by molar-refractivity contribution is -0.151. The van der Waals surface area contributed by atoms with Gasteiger partial charge in [0.05, 0.1) is 18.3 Å². The highest BCUT2D eigenvalue weighted by Crippen LogP contribution is 2.17. The molecule has 0 aliphatic heterocycles. The Balaban J connectivity index is 0. The predicted octanol–water partition coefficient (Wildman–Crippen LogP) is 2.87. The van der Waals surface area contributed by atoms with E-state index in [-0.39, 0.29) is 0 Å². The Labute approximate surface area is 208 Å². The largest absolute Gasteiger partial charge is 0.480 e. The third-order valence-electron chi connectivity index (χ3n) is 4.45. The second-order valence-corrected chi connectivity index (χ2v) is 10.6. The van der Waals surface area contributed by atoms with E-state index >= 15 is 0 Å². The molecule has 0 aromatic rings. The summed E-state index contributed by atoms with van der Waals surface area (Å²) >= 11 is 0. The van der Waals surface area contributed by atoms with Crippen molar-refractivity contribution in [3.63, 3.8) is 0 Å². The zero-order valence-corrected chi connectivity index (χ0v) is 23.3. The third-order valence-corrected chi connectivity index (χ3v) is 4.45. The van der Waals surface area contributed by atoms with Gasteiger partial charge in [0.2, 0.25) is 0 Å². The van der Waals surface area contributed by atoms with Crippen molar-refractivity contribution >= 4 is 24.1 Å². The minimum atomic E-state index is -1.18. The van der Waals surface area contributed by atoms with Gasteiger partial charge in [-0.3, -0.25) is 0 Å². The van der Waals surface area contributed by atoms with E-state index in [1.54, 1.807) is 69.2 Å². The number of carbonyl (C=O) groups is 4. The molecule has 0 heterocycles. The van der Waals surface area contributed by atoms with E-state index in [9.17, 15) is 19.2 Å². The normalized spacial score (nSPS) is 13.9. The molecule has 35 heavy (non-hydrogen) atoms. The zero-order valence-electron chi connectivity index (χ0n) is 23.3. The fourth-order valence-electron chi connectivity index (χ4n) is 2.25. The van der Waals surface area contributed by atoms with Crippen LogP contribution in [0, 0.1) is 0 Å². The standard InChI is InChI=1S/C12H23NO5.C11H21NO5/c1-11(2,3)18-10(15)13-8(9(14)16-6)12(4,5)17-7;1-10(2,3)17-9(15)12-7(8(13)14)11(4,5)16-6/h8H,1-7H3,(H,13,15);7H,1-6H3,(H,12,15)(H,13,14). The summed E-state index contributed by atoms with van der Waals surface area (Å²) in [6, 6.07) is -2.12. The van der Waals surface area contributed by atoms with Crippen molar-refractivity contribution in [2.45, 2.75) is 104 Å². The maximum Gasteiger partial charge on any atom is 0.408 e. The van der Waals surface area contributed by atoms with Gasteiger partial charge in [-0.15, -0.1) is 0 Å². The first-order valence-corrected chi connectivity index (χ1v) is 10.9. The Hall–Kier alpha value is -2.60. The summed E-state index contributed by atoms with van der Waals surface area (Å²) in [5.74, 6) is -1.77. The number of carboxylic acid groups (broad SMARTS) is 1. The second-order valence-electron chi connectivity index (χ2n) is 10.6. The lowest BCUT2D eigenvalue weighted by atomic mass is 9.99. The van der Waals surface area contributed by atoms with Gasteiger partial charge in [-0.1, -0.05) is 0 Å². The fraction of sp³-hybridized carbons (Fsp3) is 0.826. The lowest BCUT2D eigenvalue weighted by Gasteiger charge is -2.32. The molecule has 2 amide bonds. The summed E-state index contributed by atoms with van der Waals surface area (Å²) in [5.41, 5.74) is -3.24. The van der Waals surface area contributed by atoms with E-state index in [1.807, 2.05) is 0 Å². The van der Waals surface area contributed by atoms with Crippen LogP contribution in [-0.2, 0) is 33.3 Å². The van der Waals surface area contributed by atoms with Crippen LogP contribution in [0.2, 0.25) is 0 Å². The van der Waals surface area contributed by atoms with E-state index in [0.29, 0.717) is 0 Å². The van der Waals surface area contributed by atoms with Crippen LogP contribution in [0.15, 0.2) is 0 Å². The van der Waals surface area contributed by atoms with Crippen molar-refractivity contribution in [3.05, 3.63) is 0 Å². The molecule has 2 atom stereocenters. The molecule has 0 aromatic heterocycles. The topological polar surface area (TPSA) is 159 Å². The second kappa shape index (κ2) is 13.5. The molecule has 0 aliphatic rings. The summed E-state index contributed by atoms with van der Waals surface area (Å²) in [6.45, 7) is 16.8. The highest BCUT2D eigenvalue weighted by atomic mass is 16.6. The number of hydrogen-bond donors (Lipinski definition) is 3.